The van der Waals surface area contributed by atoms with Gasteiger partial charge in [-0.15, -0.1) is 0 Å². The van der Waals surface area contributed by atoms with Crippen LogP contribution >= 0.6 is 23.1 Å². The standard InChI is InChI=1S/C31H29N3O8S4/c35-31(36)23-11-14-24(32-21-23)22(12-15-29-33(17-5-19-45(37,38)39)25-7-1-3-9-27(25)43-29)13-16-30-34(18-6-20-46(40,41)42)26-8-2-4-10-28(26)44-30/h1-4,7-16,21H,5-6,17-20H2,(H2-,35,36,37,38,39,40,41,42)/p+1. The zero-order valence-electron chi connectivity index (χ0n) is 24.3. The highest BCUT2D eigenvalue weighted by atomic mass is 32.2. The van der Waals surface area contributed by atoms with Gasteiger partial charge in [0.2, 0.25) is 5.52 Å². The molecule has 0 spiro atoms. The van der Waals surface area contributed by atoms with Gasteiger partial charge in [0.05, 0.1) is 33.5 Å². The topological polar surface area (TPSA) is 166 Å². The molecule has 0 amide bonds. The second-order valence-corrected chi connectivity index (χ2v) is 15.5. The molecule has 2 aromatic heterocycles. The van der Waals surface area contributed by atoms with Crippen LogP contribution in [-0.4, -0.2) is 60.1 Å². The summed E-state index contributed by atoms with van der Waals surface area (Å²) >= 11 is 3.03. The predicted octanol–water partition coefficient (Wildman–Crippen LogP) is 5.39. The van der Waals surface area contributed by atoms with Gasteiger partial charge in [0, 0.05) is 41.8 Å². The first-order valence-electron chi connectivity index (χ1n) is 14.0. The number of anilines is 1. The number of carboxylic acids is 1. The van der Waals surface area contributed by atoms with Gasteiger partial charge in [-0.2, -0.15) is 21.4 Å². The second-order valence-electron chi connectivity index (χ2n) is 10.3. The van der Waals surface area contributed by atoms with Crippen molar-refractivity contribution in [2.24, 2.45) is 0 Å². The van der Waals surface area contributed by atoms with E-state index in [4.69, 9.17) is 0 Å². The average molecular weight is 701 g/mol. The number of carboxylic acid groups (broad SMARTS) is 1. The fourth-order valence-corrected chi connectivity index (χ4v) is 8.03. The highest BCUT2D eigenvalue weighted by molar-refractivity contribution is 8.03. The lowest BCUT2D eigenvalue weighted by Crippen LogP contribution is -2.35. The summed E-state index contributed by atoms with van der Waals surface area (Å²) in [5, 5.41) is 11.0. The molecule has 0 saturated carbocycles. The summed E-state index contributed by atoms with van der Waals surface area (Å²) in [4.78, 5) is 18.8. The quantitative estimate of drug-likeness (QED) is 0.0930. The number of para-hydroxylation sites is 2. The minimum Gasteiger partial charge on any atom is -0.478 e. The molecular weight excluding hydrogens is 671 g/mol. The third-order valence-corrected chi connectivity index (χ3v) is 10.8. The molecular formula is C31H30N3O8S4+. The Morgan fingerprint density at radius 1 is 0.935 bits per heavy atom. The number of aromatic nitrogens is 2. The molecule has 240 valence electrons. The lowest BCUT2D eigenvalue weighted by Gasteiger charge is -2.20. The van der Waals surface area contributed by atoms with Gasteiger partial charge in [0.15, 0.2) is 6.54 Å². The molecule has 0 radical (unpaired) electrons. The largest absolute Gasteiger partial charge is 0.478 e. The number of pyridine rings is 1. The molecule has 0 saturated heterocycles. The van der Waals surface area contributed by atoms with Crippen LogP contribution in [0.1, 0.15) is 33.9 Å². The molecule has 0 fully saturated rings. The number of aromatic carboxylic acids is 1. The predicted molar refractivity (Wildman–Crippen MR) is 180 cm³/mol. The van der Waals surface area contributed by atoms with E-state index >= 15 is 0 Å². The van der Waals surface area contributed by atoms with Crippen molar-refractivity contribution in [1.29, 1.82) is 0 Å². The van der Waals surface area contributed by atoms with Crippen LogP contribution in [0.15, 0.2) is 95.0 Å². The number of carbonyl (C=O) groups is 1. The fraction of sp³-hybridized carbons (Fsp3) is 0.194. The van der Waals surface area contributed by atoms with Crippen LogP contribution in [0, 0.1) is 0 Å². The summed E-state index contributed by atoms with van der Waals surface area (Å²) in [7, 11) is -8.22. The van der Waals surface area contributed by atoms with E-state index in [0.717, 1.165) is 30.8 Å². The van der Waals surface area contributed by atoms with E-state index in [1.807, 2.05) is 82.3 Å². The zero-order chi connectivity index (χ0) is 32.9. The van der Waals surface area contributed by atoms with Crippen molar-refractivity contribution >= 4 is 76.9 Å². The van der Waals surface area contributed by atoms with Crippen molar-refractivity contribution in [2.75, 3.05) is 23.0 Å². The van der Waals surface area contributed by atoms with Crippen LogP contribution in [0.2, 0.25) is 0 Å². The zero-order valence-corrected chi connectivity index (χ0v) is 27.5. The molecule has 3 heterocycles. The smallest absolute Gasteiger partial charge is 0.337 e. The summed E-state index contributed by atoms with van der Waals surface area (Å²) in [6.45, 7) is 0.705. The first-order valence-corrected chi connectivity index (χ1v) is 18.9. The number of hydrogen-bond acceptors (Lipinski definition) is 9. The van der Waals surface area contributed by atoms with E-state index in [9.17, 15) is 35.8 Å². The number of aryl methyl sites for hydroxylation is 1. The summed E-state index contributed by atoms with van der Waals surface area (Å²) < 4.78 is 66.9. The van der Waals surface area contributed by atoms with Gasteiger partial charge in [-0.3, -0.25) is 14.1 Å². The van der Waals surface area contributed by atoms with Gasteiger partial charge in [0.1, 0.15) is 4.70 Å². The molecule has 3 N–H and O–H groups in total. The summed E-state index contributed by atoms with van der Waals surface area (Å²) in [6, 6.07) is 18.5. The monoisotopic (exact) mass is 700 g/mol. The van der Waals surface area contributed by atoms with E-state index < -0.39 is 26.2 Å². The Labute approximate surface area is 274 Å². The number of hydrogen-bond donors (Lipinski definition) is 3. The number of rotatable bonds is 13. The molecule has 1 aliphatic heterocycles. The molecule has 15 heteroatoms. The molecule has 4 aromatic rings. The number of allylic oxidation sites excluding steroid dienone is 4. The number of thioether (sulfide) groups is 1. The second kappa shape index (κ2) is 14.3. The normalized spacial score (nSPS) is 14.9. The molecule has 0 bridgehead atoms. The molecule has 0 aliphatic carbocycles. The molecule has 5 rings (SSSR count). The Bertz CT molecular complexity index is 2070. The van der Waals surface area contributed by atoms with Crippen molar-refractivity contribution in [3.63, 3.8) is 0 Å². The van der Waals surface area contributed by atoms with Crippen molar-refractivity contribution in [3.05, 3.63) is 106 Å². The number of benzene rings is 2. The maximum atomic E-state index is 11.5. The molecule has 11 nitrogen and oxygen atoms in total. The summed E-state index contributed by atoms with van der Waals surface area (Å²) in [6.07, 6.45) is 9.17. The van der Waals surface area contributed by atoms with E-state index in [1.54, 1.807) is 6.07 Å². The first kappa shape index (κ1) is 33.5. The Hall–Kier alpha value is -3.86. The van der Waals surface area contributed by atoms with E-state index in [0.29, 0.717) is 24.4 Å². The van der Waals surface area contributed by atoms with Gasteiger partial charge in [-0.05, 0) is 48.9 Å². The lowest BCUT2D eigenvalue weighted by molar-refractivity contribution is -0.668. The summed E-state index contributed by atoms with van der Waals surface area (Å²) in [5.74, 6) is -1.83. The summed E-state index contributed by atoms with van der Waals surface area (Å²) in [5.41, 5.74) is 3.04. The lowest BCUT2D eigenvalue weighted by atomic mass is 10.1. The highest BCUT2D eigenvalue weighted by Gasteiger charge is 2.25. The van der Waals surface area contributed by atoms with Crippen molar-refractivity contribution in [1.82, 2.24) is 4.98 Å². The number of thiazole rings is 1. The van der Waals surface area contributed by atoms with Gasteiger partial charge in [-0.25, -0.2) is 4.79 Å². The fourth-order valence-electron chi connectivity index (χ4n) is 4.86. The highest BCUT2D eigenvalue weighted by Crippen LogP contribution is 2.46. The van der Waals surface area contributed by atoms with Crippen LogP contribution < -0.4 is 9.47 Å². The van der Waals surface area contributed by atoms with Crippen LogP contribution in [0.3, 0.4) is 0 Å². The average Bonchev–Trinajstić information content (AvgIpc) is 3.53. The van der Waals surface area contributed by atoms with Crippen molar-refractivity contribution < 1.29 is 40.4 Å². The Kier molecular flexibility index (Phi) is 10.4. The Morgan fingerprint density at radius 3 is 2.37 bits per heavy atom. The number of nitrogens with zero attached hydrogens (tertiary/aromatic N) is 3. The van der Waals surface area contributed by atoms with E-state index in [1.165, 1.54) is 35.4 Å². The molecule has 1 aliphatic rings. The van der Waals surface area contributed by atoms with E-state index in [2.05, 4.69) is 4.98 Å². The minimum atomic E-state index is -4.11. The first-order chi connectivity index (χ1) is 21.9. The Morgan fingerprint density at radius 2 is 1.65 bits per heavy atom. The van der Waals surface area contributed by atoms with Gasteiger partial charge >= 0.3 is 5.97 Å². The van der Waals surface area contributed by atoms with Crippen LogP contribution in [-0.2, 0) is 26.8 Å². The molecule has 2 aromatic carbocycles. The van der Waals surface area contributed by atoms with Crippen LogP contribution in [0.5, 0.6) is 0 Å². The minimum absolute atomic E-state index is 0.0402. The Balaban J connectivity index is 1.53. The van der Waals surface area contributed by atoms with Crippen molar-refractivity contribution in [2.45, 2.75) is 24.3 Å². The molecule has 0 unspecified atom stereocenters. The molecule has 0 atom stereocenters. The SMILES string of the molecule is O=C(O)c1ccc(C(=C\C=C2/Sc3ccccc3N2CCCS(=O)(=O)O)/C=C/c2sc3ccccc3[n+]2CCCS(=O)(=O)O)nc1. The third-order valence-electron chi connectivity index (χ3n) is 6.96. The van der Waals surface area contributed by atoms with Gasteiger partial charge in [0.25, 0.3) is 25.2 Å². The van der Waals surface area contributed by atoms with Crippen LogP contribution in [0.25, 0.3) is 21.9 Å². The third kappa shape index (κ3) is 8.69. The maximum Gasteiger partial charge on any atom is 0.337 e. The maximum absolute atomic E-state index is 11.5. The van der Waals surface area contributed by atoms with E-state index in [-0.39, 0.29) is 29.9 Å². The van der Waals surface area contributed by atoms with Crippen LogP contribution in [0.4, 0.5) is 5.69 Å². The molecule has 46 heavy (non-hydrogen) atoms. The van der Waals surface area contributed by atoms with Gasteiger partial charge in [-0.1, -0.05) is 53.4 Å². The number of fused-ring (bicyclic) bond motifs is 2. The van der Waals surface area contributed by atoms with Crippen molar-refractivity contribution in [3.8, 4) is 0 Å². The van der Waals surface area contributed by atoms with Gasteiger partial charge < -0.3 is 10.0 Å².